The van der Waals surface area contributed by atoms with Crippen molar-refractivity contribution in [1.82, 2.24) is 10.2 Å². The van der Waals surface area contributed by atoms with Crippen LogP contribution in [0.25, 0.3) is 0 Å². The zero-order chi connectivity index (χ0) is 14.5. The van der Waals surface area contributed by atoms with Gasteiger partial charge >= 0.3 is 0 Å². The van der Waals surface area contributed by atoms with Crippen LogP contribution in [0.3, 0.4) is 0 Å². The molecular weight excluding hydrogens is 284 g/mol. The molecule has 0 bridgehead atoms. The largest absolute Gasteiger partial charge is 0.416 e. The van der Waals surface area contributed by atoms with Crippen molar-refractivity contribution in [2.75, 3.05) is 5.75 Å². The van der Waals surface area contributed by atoms with E-state index in [1.165, 1.54) is 31.0 Å². The minimum Gasteiger partial charge on any atom is -0.416 e. The molecule has 1 heterocycles. The van der Waals surface area contributed by atoms with Crippen molar-refractivity contribution in [2.45, 2.75) is 43.2 Å². The summed E-state index contributed by atoms with van der Waals surface area (Å²) >= 11 is 1.32. The van der Waals surface area contributed by atoms with E-state index in [1.807, 2.05) is 30.3 Å². The summed E-state index contributed by atoms with van der Waals surface area (Å²) in [6, 6.07) is 9.28. The Labute approximate surface area is 128 Å². The fourth-order valence-corrected chi connectivity index (χ4v) is 3.29. The Morgan fingerprint density at radius 1 is 1.14 bits per heavy atom. The molecule has 0 aliphatic heterocycles. The molecule has 0 amide bonds. The molecule has 3 rings (SSSR count). The Balaban J connectivity index is 1.56. The van der Waals surface area contributed by atoms with Gasteiger partial charge in [0, 0.05) is 11.5 Å². The lowest BCUT2D eigenvalue weighted by atomic mass is 9.89. The summed E-state index contributed by atoms with van der Waals surface area (Å²) < 4.78 is 5.70. The Kier molecular flexibility index (Phi) is 4.70. The van der Waals surface area contributed by atoms with E-state index in [-0.39, 0.29) is 5.78 Å². The SMILES string of the molecule is O=C(CSc1nnc(C2CCCCC2)o1)c1ccccc1. The molecule has 0 N–H and O–H groups in total. The summed E-state index contributed by atoms with van der Waals surface area (Å²) in [4.78, 5) is 12.0. The summed E-state index contributed by atoms with van der Waals surface area (Å²) in [7, 11) is 0. The maximum absolute atomic E-state index is 12.0. The molecule has 1 aromatic carbocycles. The van der Waals surface area contributed by atoms with Crippen LogP contribution in [0.1, 0.15) is 54.3 Å². The molecule has 0 radical (unpaired) electrons. The van der Waals surface area contributed by atoms with Crippen LogP contribution < -0.4 is 0 Å². The van der Waals surface area contributed by atoms with Gasteiger partial charge in [-0.15, -0.1) is 10.2 Å². The number of hydrogen-bond acceptors (Lipinski definition) is 5. The molecule has 5 heteroatoms. The lowest BCUT2D eigenvalue weighted by Crippen LogP contribution is -2.04. The predicted octanol–water partition coefficient (Wildman–Crippen LogP) is 4.09. The maximum atomic E-state index is 12.0. The average molecular weight is 302 g/mol. The monoisotopic (exact) mass is 302 g/mol. The fourth-order valence-electron chi connectivity index (χ4n) is 2.63. The average Bonchev–Trinajstić information content (AvgIpc) is 3.03. The van der Waals surface area contributed by atoms with Crippen LogP contribution in [0.4, 0.5) is 0 Å². The van der Waals surface area contributed by atoms with Gasteiger partial charge in [-0.25, -0.2) is 0 Å². The molecular formula is C16H18N2O2S. The van der Waals surface area contributed by atoms with E-state index in [2.05, 4.69) is 10.2 Å². The summed E-state index contributed by atoms with van der Waals surface area (Å²) in [6.45, 7) is 0. The Hall–Kier alpha value is -1.62. The van der Waals surface area contributed by atoms with Crippen LogP contribution in [0.15, 0.2) is 40.0 Å². The van der Waals surface area contributed by atoms with Crippen molar-refractivity contribution in [3.05, 3.63) is 41.8 Å². The van der Waals surface area contributed by atoms with Crippen LogP contribution >= 0.6 is 11.8 Å². The Bertz CT molecular complexity index is 591. The van der Waals surface area contributed by atoms with Gasteiger partial charge in [0.1, 0.15) is 0 Å². The number of carbonyl (C=O) groups excluding carboxylic acids is 1. The first kappa shape index (κ1) is 14.3. The zero-order valence-electron chi connectivity index (χ0n) is 11.8. The molecule has 1 aromatic heterocycles. The third-order valence-electron chi connectivity index (χ3n) is 3.80. The lowest BCUT2D eigenvalue weighted by Gasteiger charge is -2.17. The summed E-state index contributed by atoms with van der Waals surface area (Å²) in [5, 5.41) is 8.69. The minimum atomic E-state index is 0.0815. The molecule has 1 aliphatic carbocycles. The second-order valence-corrected chi connectivity index (χ2v) is 6.25. The molecule has 0 atom stereocenters. The summed E-state index contributed by atoms with van der Waals surface area (Å²) in [5.41, 5.74) is 0.719. The van der Waals surface area contributed by atoms with Crippen LogP contribution in [0, 0.1) is 0 Å². The number of hydrogen-bond donors (Lipinski definition) is 0. The molecule has 1 aliphatic rings. The topological polar surface area (TPSA) is 56.0 Å². The van der Waals surface area contributed by atoms with Gasteiger partial charge < -0.3 is 4.42 Å². The van der Waals surface area contributed by atoms with Gasteiger partial charge in [0.15, 0.2) is 5.78 Å². The first-order valence-corrected chi connectivity index (χ1v) is 8.36. The first-order chi connectivity index (χ1) is 10.3. The van der Waals surface area contributed by atoms with Gasteiger partial charge in [-0.3, -0.25) is 4.79 Å². The lowest BCUT2D eigenvalue weighted by molar-refractivity contribution is 0.102. The van der Waals surface area contributed by atoms with Crippen LogP contribution in [-0.4, -0.2) is 21.7 Å². The van der Waals surface area contributed by atoms with Crippen molar-refractivity contribution in [3.8, 4) is 0 Å². The highest BCUT2D eigenvalue weighted by Gasteiger charge is 2.21. The normalized spacial score (nSPS) is 16.0. The first-order valence-electron chi connectivity index (χ1n) is 7.37. The third kappa shape index (κ3) is 3.73. The van der Waals surface area contributed by atoms with Gasteiger partial charge in [0.2, 0.25) is 5.89 Å². The highest BCUT2D eigenvalue weighted by Crippen LogP contribution is 2.32. The number of Topliss-reactive ketones (excluding diaryl/α,β-unsaturated/α-hetero) is 1. The minimum absolute atomic E-state index is 0.0815. The van der Waals surface area contributed by atoms with Crippen LogP contribution in [0.2, 0.25) is 0 Å². The highest BCUT2D eigenvalue weighted by atomic mass is 32.2. The number of nitrogens with zero attached hydrogens (tertiary/aromatic N) is 2. The van der Waals surface area contributed by atoms with E-state index >= 15 is 0 Å². The van der Waals surface area contributed by atoms with Crippen molar-refractivity contribution in [1.29, 1.82) is 0 Å². The molecule has 4 nitrogen and oxygen atoms in total. The standard InChI is InChI=1S/C16H18N2O2S/c19-14(12-7-3-1-4-8-12)11-21-16-18-17-15(20-16)13-9-5-2-6-10-13/h1,3-4,7-8,13H,2,5-6,9-11H2. The second-order valence-electron chi connectivity index (χ2n) is 5.32. The van der Waals surface area contributed by atoms with E-state index in [0.29, 0.717) is 16.9 Å². The van der Waals surface area contributed by atoms with E-state index in [9.17, 15) is 4.79 Å². The number of thioether (sulfide) groups is 1. The van der Waals surface area contributed by atoms with E-state index in [0.717, 1.165) is 24.3 Å². The molecule has 0 saturated heterocycles. The molecule has 0 unspecified atom stereocenters. The zero-order valence-corrected chi connectivity index (χ0v) is 12.6. The Morgan fingerprint density at radius 2 is 1.90 bits per heavy atom. The van der Waals surface area contributed by atoms with Gasteiger partial charge in [0.25, 0.3) is 5.22 Å². The predicted molar refractivity (Wildman–Crippen MR) is 81.6 cm³/mol. The molecule has 21 heavy (non-hydrogen) atoms. The Morgan fingerprint density at radius 3 is 2.67 bits per heavy atom. The van der Waals surface area contributed by atoms with Gasteiger partial charge in [0.05, 0.1) is 5.75 Å². The molecule has 110 valence electrons. The van der Waals surface area contributed by atoms with E-state index < -0.39 is 0 Å². The molecule has 0 spiro atoms. The van der Waals surface area contributed by atoms with Crippen molar-refractivity contribution in [2.24, 2.45) is 0 Å². The molecule has 1 fully saturated rings. The molecule has 2 aromatic rings. The van der Waals surface area contributed by atoms with Crippen molar-refractivity contribution < 1.29 is 9.21 Å². The fraction of sp³-hybridized carbons (Fsp3) is 0.438. The highest BCUT2D eigenvalue weighted by molar-refractivity contribution is 7.99. The van der Waals surface area contributed by atoms with Gasteiger partial charge in [-0.2, -0.15) is 0 Å². The quantitative estimate of drug-likeness (QED) is 0.615. The van der Waals surface area contributed by atoms with Crippen LogP contribution in [-0.2, 0) is 0 Å². The van der Waals surface area contributed by atoms with E-state index in [4.69, 9.17) is 4.42 Å². The smallest absolute Gasteiger partial charge is 0.277 e. The second kappa shape index (κ2) is 6.89. The van der Waals surface area contributed by atoms with Crippen LogP contribution in [0.5, 0.6) is 0 Å². The van der Waals surface area contributed by atoms with Gasteiger partial charge in [-0.05, 0) is 12.8 Å². The van der Waals surface area contributed by atoms with E-state index in [1.54, 1.807) is 0 Å². The number of aromatic nitrogens is 2. The number of ketones is 1. The van der Waals surface area contributed by atoms with Gasteiger partial charge in [-0.1, -0.05) is 61.4 Å². The number of carbonyl (C=O) groups is 1. The number of rotatable bonds is 5. The number of benzene rings is 1. The summed E-state index contributed by atoms with van der Waals surface area (Å²) in [6.07, 6.45) is 6.05. The third-order valence-corrected chi connectivity index (χ3v) is 4.62. The van der Waals surface area contributed by atoms with Crippen molar-refractivity contribution in [3.63, 3.8) is 0 Å². The van der Waals surface area contributed by atoms with Crippen molar-refractivity contribution >= 4 is 17.5 Å². The maximum Gasteiger partial charge on any atom is 0.277 e. The molecule has 1 saturated carbocycles. The summed E-state index contributed by atoms with van der Waals surface area (Å²) in [5.74, 6) is 1.56.